The van der Waals surface area contributed by atoms with Crippen molar-refractivity contribution in [3.05, 3.63) is 23.8 Å². The van der Waals surface area contributed by atoms with Gasteiger partial charge in [-0.2, -0.15) is 11.8 Å². The number of carbonyl (C=O) groups is 1. The molecular weight excluding hydrogens is 274 g/mol. The fraction of sp³-hybridized carbons (Fsp3) is 0.533. The molecule has 0 amide bonds. The van der Waals surface area contributed by atoms with E-state index in [1.165, 1.54) is 0 Å². The predicted molar refractivity (Wildman–Crippen MR) is 81.0 cm³/mol. The molecule has 2 heterocycles. The van der Waals surface area contributed by atoms with Gasteiger partial charge in [0, 0.05) is 19.0 Å². The molecule has 0 aliphatic carbocycles. The minimum Gasteiger partial charge on any atom is -0.495 e. The van der Waals surface area contributed by atoms with E-state index in [-0.39, 0.29) is 5.92 Å². The Morgan fingerprint density at radius 2 is 2.30 bits per heavy atom. The van der Waals surface area contributed by atoms with E-state index in [4.69, 9.17) is 4.74 Å². The lowest BCUT2D eigenvalue weighted by Crippen LogP contribution is -2.50. The summed E-state index contributed by atoms with van der Waals surface area (Å²) in [5.74, 6) is 1.83. The van der Waals surface area contributed by atoms with Crippen LogP contribution in [0.5, 0.6) is 5.75 Å². The molecule has 1 aromatic carbocycles. The van der Waals surface area contributed by atoms with Crippen molar-refractivity contribution in [2.45, 2.75) is 18.4 Å². The molecule has 0 spiro atoms. The smallest absolute Gasteiger partial charge is 0.311 e. The van der Waals surface area contributed by atoms with Crippen molar-refractivity contribution >= 4 is 23.4 Å². The molecule has 3 rings (SSSR count). The van der Waals surface area contributed by atoms with E-state index in [0.717, 1.165) is 34.9 Å². The Balaban J connectivity index is 2.16. The van der Waals surface area contributed by atoms with Crippen LogP contribution in [0.2, 0.25) is 0 Å². The number of carboxylic acids is 1. The van der Waals surface area contributed by atoms with Crippen molar-refractivity contribution in [1.29, 1.82) is 0 Å². The lowest BCUT2D eigenvalue weighted by Gasteiger charge is -2.47. The third kappa shape index (κ3) is 1.95. The summed E-state index contributed by atoms with van der Waals surface area (Å²) in [5.41, 5.74) is 1.85. The monoisotopic (exact) mass is 293 g/mol. The molecule has 5 heteroatoms. The standard InChI is InChI=1S/C15H19NO3S/c1-16-11-6-7-20-8-10(11)13(15(17)18)9-4-3-5-12(19-2)14(9)16/h3-5,10-11,13H,6-8H2,1-2H3,(H,17,18). The maximum absolute atomic E-state index is 11.8. The summed E-state index contributed by atoms with van der Waals surface area (Å²) in [7, 11) is 3.70. The number of benzene rings is 1. The molecule has 1 aromatic rings. The zero-order chi connectivity index (χ0) is 14.3. The van der Waals surface area contributed by atoms with Crippen molar-refractivity contribution in [3.8, 4) is 5.75 Å². The quantitative estimate of drug-likeness (QED) is 0.907. The highest BCUT2D eigenvalue weighted by molar-refractivity contribution is 7.99. The molecule has 0 aromatic heterocycles. The van der Waals surface area contributed by atoms with Crippen LogP contribution >= 0.6 is 11.8 Å². The van der Waals surface area contributed by atoms with Gasteiger partial charge in [-0.25, -0.2) is 0 Å². The topological polar surface area (TPSA) is 49.8 Å². The summed E-state index contributed by atoms with van der Waals surface area (Å²) in [5, 5.41) is 9.71. The van der Waals surface area contributed by atoms with Crippen molar-refractivity contribution in [1.82, 2.24) is 0 Å². The average molecular weight is 293 g/mol. The average Bonchev–Trinajstić information content (AvgIpc) is 2.46. The largest absolute Gasteiger partial charge is 0.495 e. The number of hydrogen-bond acceptors (Lipinski definition) is 4. The molecule has 3 atom stereocenters. The fourth-order valence-electron chi connectivity index (χ4n) is 3.59. The molecule has 0 saturated carbocycles. The number of rotatable bonds is 2. The van der Waals surface area contributed by atoms with E-state index < -0.39 is 11.9 Å². The fourth-order valence-corrected chi connectivity index (χ4v) is 4.85. The van der Waals surface area contributed by atoms with E-state index in [2.05, 4.69) is 11.9 Å². The molecule has 1 N–H and O–H groups in total. The van der Waals surface area contributed by atoms with Gasteiger partial charge in [0.05, 0.1) is 18.7 Å². The molecule has 2 aliphatic heterocycles. The summed E-state index contributed by atoms with van der Waals surface area (Å²) in [6, 6.07) is 6.02. The lowest BCUT2D eigenvalue weighted by atomic mass is 9.76. The summed E-state index contributed by atoms with van der Waals surface area (Å²) >= 11 is 1.87. The summed E-state index contributed by atoms with van der Waals surface area (Å²) in [4.78, 5) is 14.0. The zero-order valence-electron chi connectivity index (χ0n) is 11.7. The molecule has 1 saturated heterocycles. The van der Waals surface area contributed by atoms with Crippen LogP contribution < -0.4 is 9.64 Å². The highest BCUT2D eigenvalue weighted by Gasteiger charge is 2.45. The number of fused-ring (bicyclic) bond motifs is 2. The minimum atomic E-state index is -0.717. The highest BCUT2D eigenvalue weighted by Crippen LogP contribution is 2.49. The number of para-hydroxylation sites is 1. The third-order valence-corrected chi connectivity index (χ3v) is 5.64. The van der Waals surface area contributed by atoms with Gasteiger partial charge in [0.25, 0.3) is 0 Å². The van der Waals surface area contributed by atoms with Crippen LogP contribution in [-0.4, -0.2) is 42.8 Å². The van der Waals surface area contributed by atoms with Crippen LogP contribution in [0.4, 0.5) is 5.69 Å². The van der Waals surface area contributed by atoms with Gasteiger partial charge in [0.1, 0.15) is 5.75 Å². The molecule has 1 fully saturated rings. The second-order valence-corrected chi connectivity index (χ2v) is 6.57. The Morgan fingerprint density at radius 3 is 3.00 bits per heavy atom. The first-order valence-electron chi connectivity index (χ1n) is 6.85. The first kappa shape index (κ1) is 13.6. The van der Waals surface area contributed by atoms with E-state index >= 15 is 0 Å². The predicted octanol–water partition coefficient (Wildman–Crippen LogP) is 2.43. The number of ether oxygens (including phenoxy) is 1. The Hall–Kier alpha value is -1.36. The van der Waals surface area contributed by atoms with Crippen molar-refractivity contribution in [2.75, 3.05) is 30.6 Å². The Labute approximate surface area is 123 Å². The molecule has 2 aliphatic rings. The van der Waals surface area contributed by atoms with Crippen LogP contribution in [0.25, 0.3) is 0 Å². The van der Waals surface area contributed by atoms with E-state index in [9.17, 15) is 9.90 Å². The van der Waals surface area contributed by atoms with Crippen LogP contribution in [-0.2, 0) is 4.79 Å². The Kier molecular flexibility index (Phi) is 3.54. The van der Waals surface area contributed by atoms with Crippen molar-refractivity contribution < 1.29 is 14.6 Å². The molecule has 0 radical (unpaired) electrons. The van der Waals surface area contributed by atoms with Gasteiger partial charge in [-0.1, -0.05) is 12.1 Å². The van der Waals surface area contributed by atoms with Crippen LogP contribution in [0.15, 0.2) is 18.2 Å². The number of anilines is 1. The van der Waals surface area contributed by atoms with E-state index in [1.807, 2.05) is 30.0 Å². The van der Waals surface area contributed by atoms with Gasteiger partial charge in [-0.15, -0.1) is 0 Å². The van der Waals surface area contributed by atoms with Crippen LogP contribution in [0.1, 0.15) is 17.9 Å². The van der Waals surface area contributed by atoms with E-state index in [1.54, 1.807) is 7.11 Å². The normalized spacial score (nSPS) is 28.5. The number of aliphatic carboxylic acids is 1. The van der Waals surface area contributed by atoms with Crippen LogP contribution in [0.3, 0.4) is 0 Å². The first-order chi connectivity index (χ1) is 9.65. The molecule has 4 nitrogen and oxygen atoms in total. The van der Waals surface area contributed by atoms with E-state index in [0.29, 0.717) is 6.04 Å². The number of nitrogens with zero attached hydrogens (tertiary/aromatic N) is 1. The molecular formula is C15H19NO3S. The van der Waals surface area contributed by atoms with Gasteiger partial charge < -0.3 is 14.7 Å². The van der Waals surface area contributed by atoms with Gasteiger partial charge in [0.2, 0.25) is 0 Å². The molecule has 108 valence electrons. The molecule has 3 unspecified atom stereocenters. The highest BCUT2D eigenvalue weighted by atomic mass is 32.2. The second-order valence-electron chi connectivity index (χ2n) is 5.42. The summed E-state index contributed by atoms with van der Waals surface area (Å²) in [6.07, 6.45) is 1.03. The summed E-state index contributed by atoms with van der Waals surface area (Å²) < 4.78 is 5.45. The minimum absolute atomic E-state index is 0.177. The first-order valence-corrected chi connectivity index (χ1v) is 8.01. The van der Waals surface area contributed by atoms with Crippen molar-refractivity contribution in [3.63, 3.8) is 0 Å². The molecule has 0 bridgehead atoms. The lowest BCUT2D eigenvalue weighted by molar-refractivity contribution is -0.140. The molecule has 20 heavy (non-hydrogen) atoms. The SMILES string of the molecule is COc1cccc2c1N(C)C1CCSCC1C2C(=O)O. The van der Waals surface area contributed by atoms with Gasteiger partial charge in [-0.05, 0) is 29.6 Å². The number of methoxy groups -OCH3 is 1. The zero-order valence-corrected chi connectivity index (χ0v) is 12.5. The Bertz CT molecular complexity index is 534. The number of carboxylic acid groups (broad SMARTS) is 1. The van der Waals surface area contributed by atoms with Crippen molar-refractivity contribution in [2.24, 2.45) is 5.92 Å². The summed E-state index contributed by atoms with van der Waals surface area (Å²) in [6.45, 7) is 0. The Morgan fingerprint density at radius 1 is 1.50 bits per heavy atom. The van der Waals surface area contributed by atoms with Gasteiger partial charge in [0.15, 0.2) is 0 Å². The maximum Gasteiger partial charge on any atom is 0.311 e. The van der Waals surface area contributed by atoms with Gasteiger partial charge >= 0.3 is 5.97 Å². The third-order valence-electron chi connectivity index (χ3n) is 4.49. The number of hydrogen-bond donors (Lipinski definition) is 1. The van der Waals surface area contributed by atoms with Crippen LogP contribution in [0, 0.1) is 5.92 Å². The maximum atomic E-state index is 11.8. The second kappa shape index (κ2) is 5.20. The van der Waals surface area contributed by atoms with Gasteiger partial charge in [-0.3, -0.25) is 4.79 Å². The number of thioether (sulfide) groups is 1.